The molecule has 0 saturated carbocycles. The minimum absolute atomic E-state index is 0.0121. The van der Waals surface area contributed by atoms with Gasteiger partial charge in [0.25, 0.3) is 11.8 Å². The van der Waals surface area contributed by atoms with Crippen LogP contribution in [-0.2, 0) is 19.4 Å². The van der Waals surface area contributed by atoms with Crippen molar-refractivity contribution in [1.29, 1.82) is 0 Å². The predicted octanol–water partition coefficient (Wildman–Crippen LogP) is 2.35. The third kappa shape index (κ3) is 12.1. The van der Waals surface area contributed by atoms with Gasteiger partial charge >= 0.3 is 0 Å². The second-order valence-electron chi connectivity index (χ2n) is 8.05. The number of aldehydes is 1. The molecular formula is C24H30N4O6S7. The molecule has 0 aromatic heterocycles. The van der Waals surface area contributed by atoms with Crippen molar-refractivity contribution in [2.75, 3.05) is 36.1 Å². The molecule has 2 rings (SSSR count). The lowest BCUT2D eigenvalue weighted by Crippen LogP contribution is -2.33. The van der Waals surface area contributed by atoms with Gasteiger partial charge in [-0.3, -0.25) is 19.1 Å². The summed E-state index contributed by atoms with van der Waals surface area (Å²) < 4.78 is 31.9. The number of thiol groups is 3. The highest BCUT2D eigenvalue weighted by Crippen LogP contribution is 2.22. The van der Waals surface area contributed by atoms with Crippen molar-refractivity contribution in [3.63, 3.8) is 0 Å². The molecule has 0 heterocycles. The van der Waals surface area contributed by atoms with Gasteiger partial charge in [-0.15, -0.1) is 12.6 Å². The molecule has 224 valence electrons. The second-order valence-corrected chi connectivity index (χ2v) is 14.4. The summed E-state index contributed by atoms with van der Waals surface area (Å²) in [5.74, 6) is 1.07. The molecule has 2 aromatic rings. The van der Waals surface area contributed by atoms with Crippen molar-refractivity contribution >= 4 is 105 Å². The summed E-state index contributed by atoms with van der Waals surface area (Å²) in [6.07, 6.45) is 0.778. The summed E-state index contributed by atoms with van der Waals surface area (Å²) in [7, 11) is -1.12. The zero-order valence-electron chi connectivity index (χ0n) is 21.5. The van der Waals surface area contributed by atoms with Crippen LogP contribution in [-0.4, -0.2) is 79.8 Å². The van der Waals surface area contributed by atoms with Gasteiger partial charge in [0.05, 0.1) is 21.9 Å². The van der Waals surface area contributed by atoms with E-state index in [0.29, 0.717) is 47.2 Å². The van der Waals surface area contributed by atoms with Crippen LogP contribution in [0.15, 0.2) is 58.3 Å². The molecular weight excluding hydrogens is 665 g/mol. The van der Waals surface area contributed by atoms with Crippen LogP contribution in [0.25, 0.3) is 0 Å². The van der Waals surface area contributed by atoms with E-state index in [2.05, 4.69) is 58.0 Å². The Bertz CT molecular complexity index is 1260. The molecule has 4 N–H and O–H groups in total. The number of rotatable bonds is 19. The van der Waals surface area contributed by atoms with Crippen LogP contribution in [0.3, 0.4) is 0 Å². The Kier molecular flexibility index (Phi) is 16.7. The summed E-state index contributed by atoms with van der Waals surface area (Å²) in [5.41, 5.74) is 0.611. The maximum Gasteiger partial charge on any atom is 0.251 e. The minimum Gasteiger partial charge on any atom is -0.351 e. The highest BCUT2D eigenvalue weighted by atomic mass is 33.1. The van der Waals surface area contributed by atoms with Gasteiger partial charge < -0.3 is 15.4 Å². The van der Waals surface area contributed by atoms with Gasteiger partial charge in [-0.05, 0) is 59.5 Å². The number of nitrogens with one attached hydrogen (secondary N) is 4. The van der Waals surface area contributed by atoms with Gasteiger partial charge in [-0.2, -0.15) is 25.3 Å². The number of sulfone groups is 1. The fourth-order valence-electron chi connectivity index (χ4n) is 2.90. The molecule has 2 aromatic carbocycles. The normalized spacial score (nSPS) is 12.8. The standard InChI is InChI=1S/C24H30N4O6S7/c29-13-18(14-35)27-40-39-12-10-26-23(31)17-3-7-20(8-4-17)41(33,34)19-5-1-16(2-6-19)22(30)25-9-11-38-28-21(15-36)24(32)37/h1-8,13,18,21,27-28,35-36H,9-12,14-15H2,(H,25,30)(H,26,31)(H,32,37)/t18-,21+/m1/s1. The van der Waals surface area contributed by atoms with Crippen LogP contribution in [0.2, 0.25) is 0 Å². The molecule has 2 amide bonds. The first-order chi connectivity index (χ1) is 19.6. The molecule has 0 aliphatic carbocycles. The topological polar surface area (TPSA) is 151 Å². The number of amides is 2. The molecule has 0 fully saturated rings. The molecule has 2 atom stereocenters. The van der Waals surface area contributed by atoms with E-state index in [-0.39, 0.29) is 32.8 Å². The second kappa shape index (κ2) is 19.1. The summed E-state index contributed by atoms with van der Waals surface area (Å²) in [4.78, 5) is 46.8. The number of carbonyl (C=O) groups is 4. The SMILES string of the molecule is O=C[C@H](CS)NSSCCNC(=O)c1ccc(S(=O)(=O)c2ccc(C(=O)NCCSN[C@@H](CS)C(=O)S)cc2)cc1. The smallest absolute Gasteiger partial charge is 0.251 e. The molecule has 17 heteroatoms. The predicted molar refractivity (Wildman–Crippen MR) is 177 cm³/mol. The largest absolute Gasteiger partial charge is 0.351 e. The molecule has 0 unspecified atom stereocenters. The zero-order valence-corrected chi connectivity index (χ0v) is 27.5. The van der Waals surface area contributed by atoms with Crippen LogP contribution >= 0.6 is 71.6 Å². The summed E-state index contributed by atoms with van der Waals surface area (Å²) >= 11 is 13.1. The maximum absolute atomic E-state index is 13.0. The minimum atomic E-state index is -3.86. The van der Waals surface area contributed by atoms with Crippen LogP contribution < -0.4 is 20.1 Å². The van der Waals surface area contributed by atoms with Crippen LogP contribution in [0, 0.1) is 0 Å². The van der Waals surface area contributed by atoms with Crippen molar-refractivity contribution in [3.05, 3.63) is 59.7 Å². The van der Waals surface area contributed by atoms with Gasteiger partial charge in [0.15, 0.2) is 0 Å². The lowest BCUT2D eigenvalue weighted by atomic mass is 10.2. The summed E-state index contributed by atoms with van der Waals surface area (Å²) in [6.45, 7) is 0.706. The maximum atomic E-state index is 13.0. The number of carbonyl (C=O) groups excluding carboxylic acids is 4. The average Bonchev–Trinajstić information content (AvgIpc) is 2.98. The fourth-order valence-corrected chi connectivity index (χ4v) is 7.62. The quantitative estimate of drug-likeness (QED) is 0.0382. The average molecular weight is 695 g/mol. The van der Waals surface area contributed by atoms with E-state index in [1.807, 2.05) is 0 Å². The number of benzene rings is 2. The lowest BCUT2D eigenvalue weighted by molar-refractivity contribution is -0.111. The number of hydrogen-bond acceptors (Lipinski definition) is 13. The van der Waals surface area contributed by atoms with E-state index >= 15 is 0 Å². The van der Waals surface area contributed by atoms with Crippen LogP contribution in [0.4, 0.5) is 0 Å². The summed E-state index contributed by atoms with van der Waals surface area (Å²) in [6, 6.07) is 10.3. The third-order valence-electron chi connectivity index (χ3n) is 5.14. The lowest BCUT2D eigenvalue weighted by Gasteiger charge is -2.12. The Morgan fingerprint density at radius 3 is 1.76 bits per heavy atom. The fraction of sp³-hybridized carbons (Fsp3) is 0.333. The monoisotopic (exact) mass is 694 g/mol. The zero-order chi connectivity index (χ0) is 30.3. The van der Waals surface area contributed by atoms with E-state index in [1.165, 1.54) is 82.3 Å². The molecule has 10 nitrogen and oxygen atoms in total. The van der Waals surface area contributed by atoms with Gasteiger partial charge in [-0.1, -0.05) is 22.7 Å². The van der Waals surface area contributed by atoms with E-state index < -0.39 is 15.9 Å². The first-order valence-electron chi connectivity index (χ1n) is 12.0. The summed E-state index contributed by atoms with van der Waals surface area (Å²) in [5, 5.41) is 5.17. The number of hydrogen-bond donors (Lipinski definition) is 7. The molecule has 41 heavy (non-hydrogen) atoms. The molecule has 0 radical (unpaired) electrons. The van der Waals surface area contributed by atoms with E-state index in [9.17, 15) is 27.6 Å². The van der Waals surface area contributed by atoms with Crippen molar-refractivity contribution in [2.24, 2.45) is 0 Å². The van der Waals surface area contributed by atoms with Gasteiger partial charge in [0.1, 0.15) is 6.29 Å². The van der Waals surface area contributed by atoms with Crippen molar-refractivity contribution in [1.82, 2.24) is 20.1 Å². The highest BCUT2D eigenvalue weighted by Gasteiger charge is 2.19. The first-order valence-corrected chi connectivity index (χ1v) is 18.5. The van der Waals surface area contributed by atoms with Crippen LogP contribution in [0.5, 0.6) is 0 Å². The third-order valence-corrected chi connectivity index (χ3v) is 10.9. The Morgan fingerprint density at radius 1 is 0.805 bits per heavy atom. The van der Waals surface area contributed by atoms with Gasteiger partial charge in [0, 0.05) is 47.2 Å². The Balaban J connectivity index is 1.83. The van der Waals surface area contributed by atoms with Crippen molar-refractivity contribution in [3.8, 4) is 0 Å². The van der Waals surface area contributed by atoms with E-state index in [1.54, 1.807) is 0 Å². The van der Waals surface area contributed by atoms with Gasteiger partial charge in [0.2, 0.25) is 15.0 Å². The molecule has 0 aliphatic heterocycles. The molecule has 0 aliphatic rings. The van der Waals surface area contributed by atoms with E-state index in [4.69, 9.17) is 0 Å². The van der Waals surface area contributed by atoms with Crippen molar-refractivity contribution < 1.29 is 27.6 Å². The van der Waals surface area contributed by atoms with Crippen LogP contribution in [0.1, 0.15) is 20.7 Å². The van der Waals surface area contributed by atoms with Crippen molar-refractivity contribution in [2.45, 2.75) is 21.9 Å². The highest BCUT2D eigenvalue weighted by molar-refractivity contribution is 8.76. The molecule has 0 spiro atoms. The Hall–Kier alpha value is -1.31. The first kappa shape index (κ1) is 35.9. The van der Waals surface area contributed by atoms with E-state index in [0.717, 1.165) is 6.29 Å². The Morgan fingerprint density at radius 2 is 1.32 bits per heavy atom. The molecule has 0 bridgehead atoms. The van der Waals surface area contributed by atoms with Gasteiger partial charge in [-0.25, -0.2) is 13.1 Å². The Labute approximate surface area is 268 Å². The molecule has 0 saturated heterocycles.